The maximum absolute atomic E-state index is 12.2. The maximum Gasteiger partial charge on any atom is 0.240 e. The van der Waals surface area contributed by atoms with E-state index in [1.807, 2.05) is 0 Å². The van der Waals surface area contributed by atoms with E-state index in [9.17, 15) is 23.7 Å². The van der Waals surface area contributed by atoms with Gasteiger partial charge in [-0.2, -0.15) is 0 Å². The van der Waals surface area contributed by atoms with E-state index in [1.165, 1.54) is 19.2 Å². The fourth-order valence-electron chi connectivity index (χ4n) is 2.17. The van der Waals surface area contributed by atoms with E-state index in [1.54, 1.807) is 12.1 Å². The molecule has 0 spiro atoms. The highest BCUT2D eigenvalue weighted by Gasteiger charge is 2.44. The van der Waals surface area contributed by atoms with Gasteiger partial charge in [0.05, 0.1) is 4.90 Å². The molecule has 0 aliphatic carbocycles. The van der Waals surface area contributed by atoms with Crippen LogP contribution in [0.4, 0.5) is 0 Å². The number of benzene rings is 1. The molecule has 23 heavy (non-hydrogen) atoms. The second-order valence-corrected chi connectivity index (χ2v) is 7.74. The summed E-state index contributed by atoms with van der Waals surface area (Å²) in [5, 5.41) is 29.3. The first kappa shape index (κ1) is 18.7. The minimum atomic E-state index is -3.80. The second kappa shape index (κ2) is 7.53. The van der Waals surface area contributed by atoms with E-state index < -0.39 is 40.7 Å². The third-order valence-corrected chi connectivity index (χ3v) is 5.47. The molecule has 1 heterocycles. The standard InChI is InChI=1S/C13H18BrNO7S/c1-21-13-12(18)11(17)10(16)9(22-13)6-15-23(19,20)8-4-2-7(14)3-5-8/h2-5,9-13,15-18H,6H2,1H3/t9-,10?,11-,12+,13?/m1/s1. The van der Waals surface area contributed by atoms with Crippen molar-refractivity contribution in [3.63, 3.8) is 0 Å². The van der Waals surface area contributed by atoms with E-state index >= 15 is 0 Å². The summed E-state index contributed by atoms with van der Waals surface area (Å²) in [6.07, 6.45) is -6.60. The minimum absolute atomic E-state index is 0.0508. The largest absolute Gasteiger partial charge is 0.388 e. The van der Waals surface area contributed by atoms with Gasteiger partial charge in [-0.1, -0.05) is 15.9 Å². The average molecular weight is 412 g/mol. The first-order chi connectivity index (χ1) is 10.8. The lowest BCUT2D eigenvalue weighted by atomic mass is 9.99. The van der Waals surface area contributed by atoms with Crippen molar-refractivity contribution in [3.05, 3.63) is 28.7 Å². The molecule has 1 fully saturated rings. The van der Waals surface area contributed by atoms with Crippen molar-refractivity contribution < 1.29 is 33.2 Å². The van der Waals surface area contributed by atoms with Crippen LogP contribution >= 0.6 is 15.9 Å². The average Bonchev–Trinajstić information content (AvgIpc) is 2.52. The Bertz CT molecular complexity index is 622. The molecule has 8 nitrogen and oxygen atoms in total. The third kappa shape index (κ3) is 4.28. The minimum Gasteiger partial charge on any atom is -0.388 e. The summed E-state index contributed by atoms with van der Waals surface area (Å²) in [7, 11) is -2.54. The number of hydrogen-bond donors (Lipinski definition) is 4. The van der Waals surface area contributed by atoms with E-state index in [0.717, 1.165) is 4.47 Å². The molecule has 2 unspecified atom stereocenters. The number of hydrogen-bond acceptors (Lipinski definition) is 7. The van der Waals surface area contributed by atoms with Crippen molar-refractivity contribution in [3.8, 4) is 0 Å². The molecule has 0 radical (unpaired) electrons. The third-order valence-electron chi connectivity index (χ3n) is 3.50. The Morgan fingerprint density at radius 2 is 1.78 bits per heavy atom. The van der Waals surface area contributed by atoms with Crippen LogP contribution in [0.5, 0.6) is 0 Å². The van der Waals surface area contributed by atoms with Crippen LogP contribution < -0.4 is 4.72 Å². The van der Waals surface area contributed by atoms with Gasteiger partial charge in [0.1, 0.15) is 24.4 Å². The Labute approximate surface area is 142 Å². The van der Waals surface area contributed by atoms with Gasteiger partial charge in [-0.05, 0) is 24.3 Å². The van der Waals surface area contributed by atoms with E-state index in [-0.39, 0.29) is 11.4 Å². The summed E-state index contributed by atoms with van der Waals surface area (Å²) in [6, 6.07) is 6.01. The molecule has 130 valence electrons. The van der Waals surface area contributed by atoms with Crippen LogP contribution in [0.1, 0.15) is 0 Å². The van der Waals surface area contributed by atoms with Crippen molar-refractivity contribution in [2.75, 3.05) is 13.7 Å². The lowest BCUT2D eigenvalue weighted by molar-refractivity contribution is -0.287. The van der Waals surface area contributed by atoms with E-state index in [2.05, 4.69) is 20.7 Å². The Morgan fingerprint density at radius 1 is 1.17 bits per heavy atom. The molecular formula is C13H18BrNO7S. The van der Waals surface area contributed by atoms with Crippen molar-refractivity contribution in [2.45, 2.75) is 35.6 Å². The van der Waals surface area contributed by atoms with Crippen LogP contribution in [0.3, 0.4) is 0 Å². The number of halogens is 1. The zero-order valence-electron chi connectivity index (χ0n) is 12.2. The first-order valence-electron chi connectivity index (χ1n) is 6.74. The molecule has 1 saturated heterocycles. The van der Waals surface area contributed by atoms with Gasteiger partial charge in [0.25, 0.3) is 0 Å². The van der Waals surface area contributed by atoms with Gasteiger partial charge < -0.3 is 24.8 Å². The number of sulfonamides is 1. The molecule has 2 rings (SSSR count). The van der Waals surface area contributed by atoms with Gasteiger partial charge in [0.15, 0.2) is 6.29 Å². The highest BCUT2D eigenvalue weighted by atomic mass is 79.9. The van der Waals surface area contributed by atoms with Crippen LogP contribution in [0.2, 0.25) is 0 Å². The number of rotatable bonds is 5. The summed E-state index contributed by atoms with van der Waals surface area (Å²) < 4.78 is 37.5. The summed E-state index contributed by atoms with van der Waals surface area (Å²) in [5.74, 6) is 0. The summed E-state index contributed by atoms with van der Waals surface area (Å²) in [5.41, 5.74) is 0. The van der Waals surface area contributed by atoms with Crippen LogP contribution in [0.25, 0.3) is 0 Å². The lowest BCUT2D eigenvalue weighted by Gasteiger charge is -2.39. The molecule has 0 aromatic heterocycles. The molecule has 5 atom stereocenters. The summed E-state index contributed by atoms with van der Waals surface area (Å²) >= 11 is 3.21. The Kier molecular flexibility index (Phi) is 6.14. The summed E-state index contributed by atoms with van der Waals surface area (Å²) in [6.45, 7) is -0.288. The van der Waals surface area contributed by atoms with Crippen molar-refractivity contribution >= 4 is 26.0 Å². The predicted octanol–water partition coefficient (Wildman–Crippen LogP) is -0.819. The Morgan fingerprint density at radius 3 is 2.35 bits per heavy atom. The number of nitrogens with one attached hydrogen (secondary N) is 1. The predicted molar refractivity (Wildman–Crippen MR) is 83.0 cm³/mol. The quantitative estimate of drug-likeness (QED) is 0.498. The van der Waals surface area contributed by atoms with Gasteiger partial charge in [-0.15, -0.1) is 0 Å². The molecule has 1 aliphatic heterocycles. The maximum atomic E-state index is 12.2. The van der Waals surface area contributed by atoms with Crippen LogP contribution in [-0.2, 0) is 19.5 Å². The van der Waals surface area contributed by atoms with Crippen molar-refractivity contribution in [1.82, 2.24) is 4.72 Å². The Balaban J connectivity index is 2.05. The Hall–Kier alpha value is -0.590. The molecule has 1 aromatic rings. The zero-order chi connectivity index (χ0) is 17.2. The number of aliphatic hydroxyl groups excluding tert-OH is 3. The SMILES string of the molecule is COC1O[C@H](CNS(=O)(=O)c2ccc(Br)cc2)C(O)[C@@H](O)[C@@H]1O. The molecular weight excluding hydrogens is 394 g/mol. The summed E-state index contributed by atoms with van der Waals surface area (Å²) in [4.78, 5) is 0.0508. The number of aliphatic hydroxyl groups is 3. The van der Waals surface area contributed by atoms with Gasteiger partial charge in [-0.3, -0.25) is 0 Å². The van der Waals surface area contributed by atoms with Crippen LogP contribution in [0, 0.1) is 0 Å². The van der Waals surface area contributed by atoms with Crippen LogP contribution in [0.15, 0.2) is 33.6 Å². The number of methoxy groups -OCH3 is 1. The molecule has 1 aromatic carbocycles. The smallest absolute Gasteiger partial charge is 0.240 e. The fraction of sp³-hybridized carbons (Fsp3) is 0.538. The topological polar surface area (TPSA) is 125 Å². The first-order valence-corrected chi connectivity index (χ1v) is 9.01. The highest BCUT2D eigenvalue weighted by Crippen LogP contribution is 2.22. The molecule has 0 saturated carbocycles. The fourth-order valence-corrected chi connectivity index (χ4v) is 3.48. The molecule has 10 heteroatoms. The van der Waals surface area contributed by atoms with Gasteiger partial charge in [-0.25, -0.2) is 13.1 Å². The molecule has 4 N–H and O–H groups in total. The van der Waals surface area contributed by atoms with Gasteiger partial charge in [0.2, 0.25) is 10.0 Å². The van der Waals surface area contributed by atoms with Gasteiger partial charge in [0, 0.05) is 18.1 Å². The highest BCUT2D eigenvalue weighted by molar-refractivity contribution is 9.10. The lowest BCUT2D eigenvalue weighted by Crippen LogP contribution is -2.60. The normalized spacial score (nSPS) is 32.0. The number of ether oxygens (including phenoxy) is 2. The van der Waals surface area contributed by atoms with Gasteiger partial charge >= 0.3 is 0 Å². The van der Waals surface area contributed by atoms with Crippen LogP contribution in [-0.4, -0.2) is 68.1 Å². The molecule has 0 bridgehead atoms. The van der Waals surface area contributed by atoms with Crippen molar-refractivity contribution in [2.24, 2.45) is 0 Å². The molecule has 1 aliphatic rings. The molecule has 0 amide bonds. The second-order valence-electron chi connectivity index (χ2n) is 5.06. The van der Waals surface area contributed by atoms with Crippen molar-refractivity contribution in [1.29, 1.82) is 0 Å². The van der Waals surface area contributed by atoms with E-state index in [4.69, 9.17) is 9.47 Å². The van der Waals surface area contributed by atoms with E-state index in [0.29, 0.717) is 0 Å². The zero-order valence-corrected chi connectivity index (χ0v) is 14.6. The monoisotopic (exact) mass is 411 g/mol.